The number of methoxy groups -OCH3 is 3. The number of rotatable bonds is 18. The van der Waals surface area contributed by atoms with Crippen LogP contribution >= 0.6 is 23.1 Å². The van der Waals surface area contributed by atoms with E-state index in [1.54, 1.807) is 45.3 Å². The molecule has 0 saturated carbocycles. The summed E-state index contributed by atoms with van der Waals surface area (Å²) < 4.78 is 26.8. The zero-order valence-electron chi connectivity index (χ0n) is 37.0. The van der Waals surface area contributed by atoms with Crippen LogP contribution in [0.15, 0.2) is 47.4 Å². The van der Waals surface area contributed by atoms with E-state index in [-0.39, 0.29) is 42.4 Å². The van der Waals surface area contributed by atoms with Gasteiger partial charge in [0.25, 0.3) is 11.8 Å². The van der Waals surface area contributed by atoms with E-state index >= 15 is 0 Å². The van der Waals surface area contributed by atoms with Crippen LogP contribution < -0.4 is 15.4 Å². The van der Waals surface area contributed by atoms with Crippen molar-refractivity contribution in [2.24, 2.45) is 0 Å². The van der Waals surface area contributed by atoms with Gasteiger partial charge in [-0.15, -0.1) is 23.1 Å². The Labute approximate surface area is 378 Å². The van der Waals surface area contributed by atoms with Gasteiger partial charge in [-0.25, -0.2) is 24.5 Å². The number of nitrogens with one attached hydrogen (secondary N) is 2. The fourth-order valence-electron chi connectivity index (χ4n) is 7.58. The number of amides is 2. The van der Waals surface area contributed by atoms with Gasteiger partial charge in [0.15, 0.2) is 0 Å². The van der Waals surface area contributed by atoms with E-state index in [0.717, 1.165) is 60.4 Å². The van der Waals surface area contributed by atoms with Gasteiger partial charge in [-0.05, 0) is 76.2 Å². The Morgan fingerprint density at radius 2 is 1.45 bits per heavy atom. The number of thiazole rings is 1. The van der Waals surface area contributed by atoms with Crippen LogP contribution in [0.2, 0.25) is 0 Å². The van der Waals surface area contributed by atoms with Crippen LogP contribution in [-0.2, 0) is 40.3 Å². The number of benzene rings is 2. The van der Waals surface area contributed by atoms with Crippen LogP contribution in [0.5, 0.6) is 5.75 Å². The van der Waals surface area contributed by atoms with Crippen molar-refractivity contribution in [3.8, 4) is 5.75 Å². The lowest BCUT2D eigenvalue weighted by atomic mass is 10.2. The number of allylic oxidation sites excluding steroid dienone is 2. The number of carbonyl (C=O) groups excluding carboxylic acids is 4. The second-order valence-corrected chi connectivity index (χ2v) is 17.2. The summed E-state index contributed by atoms with van der Waals surface area (Å²) in [6.07, 6.45) is 5.31. The number of anilines is 2. The number of carbonyl (C=O) groups is 4. The lowest BCUT2D eigenvalue weighted by Gasteiger charge is -2.26. The number of esters is 2. The third-order valence-corrected chi connectivity index (χ3v) is 12.8. The predicted molar refractivity (Wildman–Crippen MR) is 245 cm³/mol. The molecule has 1 aliphatic rings. The van der Waals surface area contributed by atoms with Gasteiger partial charge in [-0.2, -0.15) is 5.10 Å². The van der Waals surface area contributed by atoms with Crippen molar-refractivity contribution < 1.29 is 38.1 Å². The van der Waals surface area contributed by atoms with E-state index in [9.17, 15) is 19.2 Å². The molecule has 18 nitrogen and oxygen atoms in total. The number of thioether (sulfide) groups is 1. The molecule has 2 aromatic carbocycles. The van der Waals surface area contributed by atoms with Crippen molar-refractivity contribution in [1.29, 1.82) is 0 Å². The molecule has 2 N–H and O–H groups in total. The predicted octanol–water partition coefficient (Wildman–Crippen LogP) is 6.40. The molecule has 1 saturated heterocycles. The van der Waals surface area contributed by atoms with E-state index in [4.69, 9.17) is 28.9 Å². The number of hydrogen-bond donors (Lipinski definition) is 2. The largest absolute Gasteiger partial charge is 0.494 e. The molecule has 64 heavy (non-hydrogen) atoms. The summed E-state index contributed by atoms with van der Waals surface area (Å²) in [7, 11) is 4.13. The molecule has 20 heteroatoms. The molecule has 0 spiro atoms. The molecule has 6 aromatic rings. The average Bonchev–Trinajstić information content (AvgIpc) is 4.07. The maximum absolute atomic E-state index is 13.9. The van der Waals surface area contributed by atoms with Gasteiger partial charge < -0.3 is 28.1 Å². The Hall–Kier alpha value is -6.09. The molecule has 5 heterocycles. The molecule has 0 radical (unpaired) electrons. The van der Waals surface area contributed by atoms with Crippen molar-refractivity contribution in [2.45, 2.75) is 65.1 Å². The van der Waals surface area contributed by atoms with Crippen LogP contribution in [0.1, 0.15) is 77.5 Å². The summed E-state index contributed by atoms with van der Waals surface area (Å²) in [4.78, 5) is 71.2. The van der Waals surface area contributed by atoms with Crippen molar-refractivity contribution >= 4 is 80.8 Å². The Morgan fingerprint density at radius 1 is 0.828 bits per heavy atom. The van der Waals surface area contributed by atoms with Gasteiger partial charge in [0.1, 0.15) is 21.8 Å². The third-order valence-electron chi connectivity index (χ3n) is 10.6. The van der Waals surface area contributed by atoms with Crippen molar-refractivity contribution in [2.75, 3.05) is 70.6 Å². The molecule has 7 rings (SSSR count). The van der Waals surface area contributed by atoms with Crippen LogP contribution in [0, 0.1) is 13.8 Å². The highest BCUT2D eigenvalue weighted by Gasteiger charge is 2.25. The van der Waals surface area contributed by atoms with Crippen LogP contribution in [0.25, 0.3) is 22.1 Å². The maximum Gasteiger partial charge on any atom is 0.338 e. The first-order valence-electron chi connectivity index (χ1n) is 21.0. The second-order valence-electron chi connectivity index (χ2n) is 14.8. The maximum atomic E-state index is 13.9. The fraction of sp³-hybridized carbons (Fsp3) is 0.409. The SMILES string of the molecule is CCc1nc(C)sc1C(=O)Nc1nc2cc(C(=O)OC)cc(OC)c2n1C/C=C/Cn1c(NC(=O)c2cc(C)nn2CC)nc2cc(C(=O)OC)cc(SCCCN3CCOCC3)c21. The second kappa shape index (κ2) is 20.6. The first-order valence-corrected chi connectivity index (χ1v) is 22.8. The summed E-state index contributed by atoms with van der Waals surface area (Å²) in [6, 6.07) is 8.38. The summed E-state index contributed by atoms with van der Waals surface area (Å²) in [6.45, 7) is 12.6. The van der Waals surface area contributed by atoms with Gasteiger partial charge in [0.05, 0.1) is 78.6 Å². The minimum atomic E-state index is -0.564. The standard InChI is InChI=1S/C44H52N10O8S2/c1-8-30-38(64-27(4)45-30)40(56)49-44-46-31-22-28(41(57)60-6)24-34(59-5)36(31)52(44)14-10-11-15-53-37-32(47-43(53)48-39(55)33-21-26(3)50-54(33)9-2)23-29(42(58)61-7)25-35(37)63-20-12-13-51-16-18-62-19-17-51/h10-11,21-25H,8-9,12-20H2,1-7H3,(H,46,49,56)(H,47,48,55)/b11-10+. The summed E-state index contributed by atoms with van der Waals surface area (Å²) in [5, 5.41) is 11.2. The number of morpholine rings is 1. The molecule has 4 aromatic heterocycles. The molecule has 0 atom stereocenters. The third kappa shape index (κ3) is 9.99. The first kappa shape index (κ1) is 45.9. The minimum absolute atomic E-state index is 0.210. The number of aryl methyl sites for hydroxylation is 4. The summed E-state index contributed by atoms with van der Waals surface area (Å²) >= 11 is 2.91. The molecule has 2 amide bonds. The number of hydrogen-bond acceptors (Lipinski definition) is 15. The molecule has 1 fully saturated rings. The van der Waals surface area contributed by atoms with Gasteiger partial charge in [-0.1, -0.05) is 19.1 Å². The topological polar surface area (TPSA) is 199 Å². The highest BCUT2D eigenvalue weighted by molar-refractivity contribution is 7.99. The van der Waals surface area contributed by atoms with Crippen LogP contribution in [0.4, 0.5) is 11.9 Å². The Morgan fingerprint density at radius 3 is 2.08 bits per heavy atom. The fourth-order valence-corrected chi connectivity index (χ4v) is 9.54. The van der Waals surface area contributed by atoms with Crippen molar-refractivity contribution in [1.82, 2.24) is 38.8 Å². The number of nitrogens with zero attached hydrogens (tertiary/aromatic N) is 8. The quantitative estimate of drug-likeness (QED) is 0.0416. The molecular formula is C44H52N10O8S2. The number of fused-ring (bicyclic) bond motifs is 2. The highest BCUT2D eigenvalue weighted by Crippen LogP contribution is 2.35. The van der Waals surface area contributed by atoms with E-state index in [1.807, 2.05) is 50.5 Å². The van der Waals surface area contributed by atoms with Gasteiger partial charge in [-0.3, -0.25) is 29.8 Å². The van der Waals surface area contributed by atoms with Crippen LogP contribution in [0.3, 0.4) is 0 Å². The highest BCUT2D eigenvalue weighted by atomic mass is 32.2. The van der Waals surface area contributed by atoms with E-state index in [2.05, 4.69) is 25.6 Å². The zero-order chi connectivity index (χ0) is 45.5. The van der Waals surface area contributed by atoms with Crippen molar-refractivity contribution in [3.63, 3.8) is 0 Å². The van der Waals surface area contributed by atoms with Crippen LogP contribution in [-0.4, -0.2) is 122 Å². The molecule has 338 valence electrons. The van der Waals surface area contributed by atoms with E-state index < -0.39 is 11.9 Å². The van der Waals surface area contributed by atoms with Crippen molar-refractivity contribution in [3.05, 3.63) is 80.6 Å². The Balaban J connectivity index is 1.26. The van der Waals surface area contributed by atoms with E-state index in [1.165, 1.54) is 32.7 Å². The van der Waals surface area contributed by atoms with Gasteiger partial charge in [0.2, 0.25) is 11.9 Å². The lowest BCUT2D eigenvalue weighted by molar-refractivity contribution is 0.0381. The zero-order valence-corrected chi connectivity index (χ0v) is 38.6. The average molecular weight is 913 g/mol. The molecule has 0 aliphatic carbocycles. The lowest BCUT2D eigenvalue weighted by Crippen LogP contribution is -2.36. The molecule has 0 bridgehead atoms. The van der Waals surface area contributed by atoms with Gasteiger partial charge in [0, 0.05) is 37.6 Å². The smallest absolute Gasteiger partial charge is 0.338 e. The summed E-state index contributed by atoms with van der Waals surface area (Å²) in [5.41, 5.74) is 4.53. The Bertz CT molecular complexity index is 2730. The Kier molecular flexibility index (Phi) is 14.8. The summed E-state index contributed by atoms with van der Waals surface area (Å²) in [5.74, 6) is -0.195. The normalized spacial score (nSPS) is 13.2. The van der Waals surface area contributed by atoms with E-state index in [0.29, 0.717) is 62.8 Å². The number of ether oxygens (including phenoxy) is 4. The monoisotopic (exact) mass is 912 g/mol. The molecule has 0 unspecified atom stereocenters. The van der Waals surface area contributed by atoms with Gasteiger partial charge >= 0.3 is 11.9 Å². The molecule has 1 aliphatic heterocycles. The number of imidazole rings is 2. The molecular weight excluding hydrogens is 861 g/mol. The first-order chi connectivity index (χ1) is 31.0. The minimum Gasteiger partial charge on any atom is -0.494 e. The number of aromatic nitrogens is 7.